The maximum absolute atomic E-state index is 12.2. The lowest BCUT2D eigenvalue weighted by Gasteiger charge is -2.40. The molecule has 25 heavy (non-hydrogen) atoms. The van der Waals surface area contributed by atoms with Gasteiger partial charge in [-0.25, -0.2) is 4.98 Å². The number of hydrogen-bond acceptors (Lipinski definition) is 4. The van der Waals surface area contributed by atoms with E-state index in [2.05, 4.69) is 42.1 Å². The Kier molecular flexibility index (Phi) is 6.39. The zero-order valence-electron chi connectivity index (χ0n) is 15.8. The maximum atomic E-state index is 12.2. The van der Waals surface area contributed by atoms with Crippen molar-refractivity contribution < 1.29 is 4.79 Å². The number of aromatic nitrogens is 2. The first-order valence-corrected chi connectivity index (χ1v) is 9.00. The average Bonchev–Trinajstić information content (AvgIpc) is 2.49. The number of piperidine rings is 1. The molecule has 2 N–H and O–H groups in total. The third-order valence-corrected chi connectivity index (χ3v) is 4.71. The maximum Gasteiger partial charge on any atom is 0.252 e. The van der Waals surface area contributed by atoms with Crippen LogP contribution in [0.5, 0.6) is 0 Å². The van der Waals surface area contributed by atoms with Crippen LogP contribution in [0.2, 0.25) is 0 Å². The van der Waals surface area contributed by atoms with Crippen molar-refractivity contribution in [2.45, 2.75) is 53.4 Å². The number of aryl methyl sites for hydroxylation is 1. The van der Waals surface area contributed by atoms with Gasteiger partial charge in [0.1, 0.15) is 0 Å². The van der Waals surface area contributed by atoms with Gasteiger partial charge >= 0.3 is 0 Å². The topological polar surface area (TPSA) is 78.1 Å². The molecule has 6 heteroatoms. The summed E-state index contributed by atoms with van der Waals surface area (Å²) in [5.41, 5.74) is 2.02. The Morgan fingerprint density at radius 2 is 2.20 bits per heavy atom. The summed E-state index contributed by atoms with van der Waals surface area (Å²) in [6.45, 7) is 10.3. The number of H-pyrrole nitrogens is 1. The van der Waals surface area contributed by atoms with Crippen molar-refractivity contribution in [2.24, 2.45) is 5.41 Å². The lowest BCUT2D eigenvalue weighted by atomic mass is 9.77. The van der Waals surface area contributed by atoms with Gasteiger partial charge in [0.05, 0.1) is 0 Å². The highest BCUT2D eigenvalue weighted by Crippen LogP contribution is 2.34. The van der Waals surface area contributed by atoms with Crippen LogP contribution in [-0.2, 0) is 4.79 Å². The molecule has 0 unspecified atom stereocenters. The third-order valence-electron chi connectivity index (χ3n) is 4.71. The first kappa shape index (κ1) is 19.2. The fourth-order valence-electron chi connectivity index (χ4n) is 3.28. The van der Waals surface area contributed by atoms with E-state index in [0.29, 0.717) is 31.2 Å². The van der Waals surface area contributed by atoms with Crippen LogP contribution in [-0.4, -0.2) is 40.4 Å². The number of carbonyl (C=O) groups excluding carboxylic acids is 1. The molecule has 0 spiro atoms. The van der Waals surface area contributed by atoms with E-state index in [4.69, 9.17) is 0 Å². The second-order valence-electron chi connectivity index (χ2n) is 7.61. The largest absolute Gasteiger partial charge is 0.354 e. The average molecular weight is 346 g/mol. The van der Waals surface area contributed by atoms with E-state index in [0.717, 1.165) is 25.8 Å². The minimum atomic E-state index is -0.170. The molecule has 0 radical (unpaired) electrons. The summed E-state index contributed by atoms with van der Waals surface area (Å²) in [6.07, 6.45) is 6.01. The number of nitrogens with one attached hydrogen (secondary N) is 2. The number of aromatic amines is 1. The molecule has 2 rings (SSSR count). The second-order valence-corrected chi connectivity index (χ2v) is 7.61. The molecule has 1 amide bonds. The number of nitrogens with zero attached hydrogens (tertiary/aromatic N) is 2. The van der Waals surface area contributed by atoms with Crippen LogP contribution in [0.3, 0.4) is 0 Å². The monoisotopic (exact) mass is 346 g/mol. The molecule has 1 fully saturated rings. The summed E-state index contributed by atoms with van der Waals surface area (Å²) < 4.78 is 0. The number of rotatable bonds is 7. The Balaban J connectivity index is 1.88. The molecule has 1 aromatic rings. The Hall–Kier alpha value is -2.11. The summed E-state index contributed by atoms with van der Waals surface area (Å²) in [6, 6.07) is 1.46. The van der Waals surface area contributed by atoms with Gasteiger partial charge in [-0.2, -0.15) is 0 Å². The van der Waals surface area contributed by atoms with E-state index in [1.165, 1.54) is 11.6 Å². The minimum absolute atomic E-state index is 0.170. The minimum Gasteiger partial charge on any atom is -0.354 e. The Labute approximate surface area is 149 Å². The normalized spacial score (nSPS) is 20.5. The molecule has 2 heterocycles. The van der Waals surface area contributed by atoms with Crippen molar-refractivity contribution in [1.29, 1.82) is 0 Å². The molecule has 6 nitrogen and oxygen atoms in total. The van der Waals surface area contributed by atoms with Crippen LogP contribution in [0, 0.1) is 12.3 Å². The van der Waals surface area contributed by atoms with Crippen molar-refractivity contribution in [3.63, 3.8) is 0 Å². The highest BCUT2D eigenvalue weighted by Gasteiger charge is 2.33. The van der Waals surface area contributed by atoms with E-state index in [1.807, 2.05) is 4.90 Å². The van der Waals surface area contributed by atoms with Gasteiger partial charge in [-0.1, -0.05) is 18.6 Å². The molecular formula is C19H30N4O2. The van der Waals surface area contributed by atoms with Gasteiger partial charge < -0.3 is 10.2 Å². The molecule has 1 saturated heterocycles. The zero-order chi connectivity index (χ0) is 18.4. The van der Waals surface area contributed by atoms with Crippen LogP contribution in [0.15, 0.2) is 22.5 Å². The van der Waals surface area contributed by atoms with Crippen molar-refractivity contribution in [2.75, 3.05) is 25.0 Å². The zero-order valence-corrected chi connectivity index (χ0v) is 15.8. The standard InChI is InChI=1S/C19H30N4O2/c1-14(2)6-5-8-19(4)9-7-17(25)23(13-19)11-10-20-18-21-15(3)12-16(24)22-18/h6,12H,5,7-11,13H2,1-4H3,(H2,20,21,22,24)/t19-/m1/s1. The molecule has 0 bridgehead atoms. The smallest absolute Gasteiger partial charge is 0.252 e. The quantitative estimate of drug-likeness (QED) is 0.744. The molecule has 0 aromatic carbocycles. The number of allylic oxidation sites excluding steroid dienone is 2. The number of likely N-dealkylation sites (tertiary alicyclic amines) is 1. The number of hydrogen-bond donors (Lipinski definition) is 2. The van der Waals surface area contributed by atoms with Gasteiger partial charge in [0.2, 0.25) is 11.9 Å². The van der Waals surface area contributed by atoms with E-state index in [9.17, 15) is 9.59 Å². The Bertz CT molecular complexity index is 691. The van der Waals surface area contributed by atoms with E-state index < -0.39 is 0 Å². The van der Waals surface area contributed by atoms with E-state index in [-0.39, 0.29) is 16.9 Å². The lowest BCUT2D eigenvalue weighted by Crippen LogP contribution is -2.46. The summed E-state index contributed by atoms with van der Waals surface area (Å²) in [4.78, 5) is 32.5. The summed E-state index contributed by atoms with van der Waals surface area (Å²) in [5, 5.41) is 3.11. The highest BCUT2D eigenvalue weighted by molar-refractivity contribution is 5.77. The van der Waals surface area contributed by atoms with Crippen LogP contribution in [0.25, 0.3) is 0 Å². The molecule has 0 aliphatic carbocycles. The van der Waals surface area contributed by atoms with Crippen LogP contribution >= 0.6 is 0 Å². The van der Waals surface area contributed by atoms with Crippen molar-refractivity contribution >= 4 is 11.9 Å². The molecule has 1 aliphatic rings. The van der Waals surface area contributed by atoms with Gasteiger partial charge in [-0.3, -0.25) is 14.6 Å². The first-order valence-electron chi connectivity index (χ1n) is 9.00. The van der Waals surface area contributed by atoms with Crippen molar-refractivity contribution in [3.05, 3.63) is 33.8 Å². The van der Waals surface area contributed by atoms with Crippen molar-refractivity contribution in [1.82, 2.24) is 14.9 Å². The van der Waals surface area contributed by atoms with Gasteiger partial charge in [0.15, 0.2) is 0 Å². The molecule has 0 saturated carbocycles. The molecule has 1 aliphatic heterocycles. The summed E-state index contributed by atoms with van der Waals surface area (Å²) in [5.74, 6) is 0.674. The Morgan fingerprint density at radius 1 is 1.44 bits per heavy atom. The molecular weight excluding hydrogens is 316 g/mol. The van der Waals surface area contributed by atoms with Crippen molar-refractivity contribution in [3.8, 4) is 0 Å². The molecule has 138 valence electrons. The molecule has 1 aromatic heterocycles. The third kappa shape index (κ3) is 6.03. The van der Waals surface area contributed by atoms with Gasteiger partial charge in [0, 0.05) is 37.8 Å². The van der Waals surface area contributed by atoms with Crippen LogP contribution < -0.4 is 10.9 Å². The molecule has 1 atom stereocenters. The van der Waals surface area contributed by atoms with E-state index in [1.54, 1.807) is 6.92 Å². The fraction of sp³-hybridized carbons (Fsp3) is 0.632. The number of anilines is 1. The van der Waals surface area contributed by atoms with Gasteiger partial charge in [-0.15, -0.1) is 0 Å². The van der Waals surface area contributed by atoms with Crippen LogP contribution in [0.4, 0.5) is 5.95 Å². The number of amides is 1. The highest BCUT2D eigenvalue weighted by atomic mass is 16.2. The van der Waals surface area contributed by atoms with Gasteiger partial charge in [-0.05, 0) is 45.4 Å². The second kappa shape index (κ2) is 8.32. The predicted octanol–water partition coefficient (Wildman–Crippen LogP) is 2.87. The van der Waals surface area contributed by atoms with E-state index >= 15 is 0 Å². The van der Waals surface area contributed by atoms with Crippen LogP contribution in [0.1, 0.15) is 52.1 Å². The Morgan fingerprint density at radius 3 is 2.88 bits per heavy atom. The summed E-state index contributed by atoms with van der Waals surface area (Å²) in [7, 11) is 0. The first-order chi connectivity index (χ1) is 11.8. The SMILES string of the molecule is CC(C)=CCC[C@]1(C)CCC(=O)N(CCNc2nc(C)cc(=O)[nH]2)C1. The lowest BCUT2D eigenvalue weighted by molar-refractivity contribution is -0.137. The van der Waals surface area contributed by atoms with Gasteiger partial charge in [0.25, 0.3) is 5.56 Å². The fourth-order valence-corrected chi connectivity index (χ4v) is 3.28. The predicted molar refractivity (Wildman–Crippen MR) is 101 cm³/mol. The number of carbonyl (C=O) groups is 1. The summed E-state index contributed by atoms with van der Waals surface area (Å²) >= 11 is 0.